The number of carbonyl (C=O) groups excluding carboxylic acids is 1. The lowest BCUT2D eigenvalue weighted by Crippen LogP contribution is -2.47. The largest absolute Gasteiger partial charge is 0.367 e. The maximum absolute atomic E-state index is 13.7. The summed E-state index contributed by atoms with van der Waals surface area (Å²) in [5, 5.41) is 5.22. The summed E-state index contributed by atoms with van der Waals surface area (Å²) >= 11 is 1.46. The highest BCUT2D eigenvalue weighted by Gasteiger charge is 2.31. The molecule has 1 amide bonds. The highest BCUT2D eigenvalue weighted by atomic mass is 32.1. The molecular weight excluding hydrogens is 437 g/mol. The van der Waals surface area contributed by atoms with Gasteiger partial charge in [-0.3, -0.25) is 4.79 Å². The fourth-order valence-electron chi connectivity index (χ4n) is 4.35. The Kier molecular flexibility index (Phi) is 6.00. The zero-order valence-corrected chi connectivity index (χ0v) is 19.1. The van der Waals surface area contributed by atoms with Crippen LogP contribution in [0.5, 0.6) is 0 Å². The molecule has 5 rings (SSSR count). The number of piperidine rings is 1. The number of para-hydroxylation sites is 1. The van der Waals surface area contributed by atoms with Crippen LogP contribution in [0, 0.1) is 12.7 Å². The summed E-state index contributed by atoms with van der Waals surface area (Å²) in [6, 6.07) is 14.1. The Hall–Kier alpha value is -3.39. The number of hydrogen-bond acceptors (Lipinski definition) is 6. The Morgan fingerprint density at radius 2 is 1.97 bits per heavy atom. The number of thiazole rings is 1. The van der Waals surface area contributed by atoms with Crippen molar-refractivity contribution < 1.29 is 9.18 Å². The second-order valence-electron chi connectivity index (χ2n) is 8.19. The van der Waals surface area contributed by atoms with Crippen LogP contribution in [-0.2, 0) is 0 Å². The van der Waals surface area contributed by atoms with E-state index in [9.17, 15) is 9.18 Å². The predicted octanol–water partition coefficient (Wildman–Crippen LogP) is 5.31. The molecule has 0 saturated carbocycles. The van der Waals surface area contributed by atoms with Gasteiger partial charge in [-0.05, 0) is 56.0 Å². The van der Waals surface area contributed by atoms with E-state index in [4.69, 9.17) is 0 Å². The van der Waals surface area contributed by atoms with Gasteiger partial charge < -0.3 is 10.2 Å². The summed E-state index contributed by atoms with van der Waals surface area (Å²) in [4.78, 5) is 29.7. The summed E-state index contributed by atoms with van der Waals surface area (Å²) in [7, 11) is 0. The average Bonchev–Trinajstić information content (AvgIpc) is 3.24. The predicted molar refractivity (Wildman–Crippen MR) is 129 cm³/mol. The molecule has 1 atom stereocenters. The van der Waals surface area contributed by atoms with E-state index in [1.165, 1.54) is 23.5 Å². The minimum absolute atomic E-state index is 0.0306. The number of fused-ring (bicyclic) bond motifs is 1. The molecule has 2 aromatic heterocycles. The molecule has 1 saturated heterocycles. The lowest BCUT2D eigenvalue weighted by Gasteiger charge is -2.35. The number of nitrogens with one attached hydrogen (secondary N) is 1. The van der Waals surface area contributed by atoms with E-state index < -0.39 is 0 Å². The first-order valence-corrected chi connectivity index (χ1v) is 11.9. The molecule has 0 aliphatic carbocycles. The van der Waals surface area contributed by atoms with Crippen LogP contribution in [0.4, 0.5) is 10.2 Å². The molecule has 1 N–H and O–H groups in total. The highest BCUT2D eigenvalue weighted by molar-refractivity contribution is 7.15. The number of anilines is 1. The van der Waals surface area contributed by atoms with Crippen molar-refractivity contribution in [3.05, 3.63) is 71.4 Å². The summed E-state index contributed by atoms with van der Waals surface area (Å²) in [5.74, 6) is 0.403. The van der Waals surface area contributed by atoms with E-state index in [1.54, 1.807) is 18.5 Å². The van der Waals surface area contributed by atoms with Crippen LogP contribution in [0.3, 0.4) is 0 Å². The first-order valence-electron chi connectivity index (χ1n) is 11.1. The Morgan fingerprint density at radius 3 is 2.82 bits per heavy atom. The molecule has 4 aromatic rings. The van der Waals surface area contributed by atoms with E-state index in [1.807, 2.05) is 36.1 Å². The number of likely N-dealkylation sites (tertiary alicyclic amines) is 1. The second-order valence-corrected chi connectivity index (χ2v) is 9.39. The van der Waals surface area contributed by atoms with Crippen LogP contribution in [0.15, 0.2) is 54.9 Å². The van der Waals surface area contributed by atoms with Gasteiger partial charge in [-0.15, -0.1) is 11.3 Å². The maximum atomic E-state index is 13.7. The van der Waals surface area contributed by atoms with Gasteiger partial charge in [0.25, 0.3) is 5.91 Å². The molecule has 8 heteroatoms. The number of hydrogen-bond donors (Lipinski definition) is 1. The molecule has 2 aromatic carbocycles. The van der Waals surface area contributed by atoms with Crippen molar-refractivity contribution >= 4 is 34.0 Å². The highest BCUT2D eigenvalue weighted by Crippen LogP contribution is 2.32. The van der Waals surface area contributed by atoms with Crippen LogP contribution in [0.25, 0.3) is 21.3 Å². The average molecular weight is 462 g/mol. The number of amides is 1. The Labute approximate surface area is 195 Å². The van der Waals surface area contributed by atoms with E-state index in [2.05, 4.69) is 20.3 Å². The molecule has 0 radical (unpaired) electrons. The van der Waals surface area contributed by atoms with Crippen LogP contribution < -0.4 is 5.32 Å². The number of aromatic nitrogens is 3. The standard InChI is InChI=1S/C25H24FN5OS/c1-16-30-22(23(33-16)17-9-11-18(26)12-10-17)25(32)31-13-5-4-6-19(31)14-27-24-20-7-2-3-8-21(20)28-15-29-24/h2-3,7-12,15,19H,4-6,13-14H2,1H3,(H,27,28,29)/t19-/m0/s1. The number of rotatable bonds is 5. The lowest BCUT2D eigenvalue weighted by molar-refractivity contribution is 0.0623. The molecular formula is C25H24FN5OS. The summed E-state index contributed by atoms with van der Waals surface area (Å²) < 4.78 is 13.4. The lowest BCUT2D eigenvalue weighted by atomic mass is 10.0. The Bertz CT molecular complexity index is 1280. The van der Waals surface area contributed by atoms with Gasteiger partial charge in [-0.25, -0.2) is 19.3 Å². The smallest absolute Gasteiger partial charge is 0.274 e. The monoisotopic (exact) mass is 461 g/mol. The Balaban J connectivity index is 1.39. The van der Waals surface area contributed by atoms with Gasteiger partial charge in [0.2, 0.25) is 0 Å². The van der Waals surface area contributed by atoms with E-state index in [0.717, 1.165) is 51.4 Å². The van der Waals surface area contributed by atoms with Crippen LogP contribution >= 0.6 is 11.3 Å². The SMILES string of the molecule is Cc1nc(C(=O)N2CCCC[C@H]2CNc2ncnc3ccccc23)c(-c2ccc(F)cc2)s1. The zero-order valence-electron chi connectivity index (χ0n) is 18.3. The third kappa shape index (κ3) is 4.43. The van der Waals surface area contributed by atoms with Gasteiger partial charge >= 0.3 is 0 Å². The van der Waals surface area contributed by atoms with E-state index in [0.29, 0.717) is 18.8 Å². The minimum Gasteiger partial charge on any atom is -0.367 e. The summed E-state index contributed by atoms with van der Waals surface area (Å²) in [5.41, 5.74) is 2.14. The van der Waals surface area contributed by atoms with Crippen molar-refractivity contribution in [2.45, 2.75) is 32.2 Å². The molecule has 1 aliphatic rings. The van der Waals surface area contributed by atoms with Crippen molar-refractivity contribution in [1.82, 2.24) is 19.9 Å². The minimum atomic E-state index is -0.299. The van der Waals surface area contributed by atoms with E-state index in [-0.39, 0.29) is 17.8 Å². The van der Waals surface area contributed by atoms with Gasteiger partial charge in [0.05, 0.1) is 15.4 Å². The van der Waals surface area contributed by atoms with Crippen molar-refractivity contribution in [1.29, 1.82) is 0 Å². The van der Waals surface area contributed by atoms with Gasteiger partial charge in [0.15, 0.2) is 0 Å². The molecule has 1 aliphatic heterocycles. The van der Waals surface area contributed by atoms with Crippen molar-refractivity contribution in [3.63, 3.8) is 0 Å². The normalized spacial score (nSPS) is 16.2. The van der Waals surface area contributed by atoms with Gasteiger partial charge in [0, 0.05) is 24.5 Å². The molecule has 6 nitrogen and oxygen atoms in total. The third-order valence-electron chi connectivity index (χ3n) is 5.98. The number of carbonyl (C=O) groups is 1. The molecule has 0 unspecified atom stereocenters. The molecule has 3 heterocycles. The molecule has 33 heavy (non-hydrogen) atoms. The number of nitrogens with zero attached hydrogens (tertiary/aromatic N) is 4. The quantitative estimate of drug-likeness (QED) is 0.436. The summed E-state index contributed by atoms with van der Waals surface area (Å²) in [6.45, 7) is 3.18. The number of aryl methyl sites for hydroxylation is 1. The van der Waals surface area contributed by atoms with Crippen LogP contribution in [0.2, 0.25) is 0 Å². The Morgan fingerprint density at radius 1 is 1.15 bits per heavy atom. The number of benzene rings is 2. The van der Waals surface area contributed by atoms with Crippen molar-refractivity contribution in [2.75, 3.05) is 18.4 Å². The van der Waals surface area contributed by atoms with Gasteiger partial charge in [-0.1, -0.05) is 24.3 Å². The zero-order chi connectivity index (χ0) is 22.8. The first kappa shape index (κ1) is 21.5. The third-order valence-corrected chi connectivity index (χ3v) is 7.00. The fourth-order valence-corrected chi connectivity index (χ4v) is 5.26. The fraction of sp³-hybridized carbons (Fsp3) is 0.280. The maximum Gasteiger partial charge on any atom is 0.274 e. The van der Waals surface area contributed by atoms with Crippen molar-refractivity contribution in [2.24, 2.45) is 0 Å². The summed E-state index contributed by atoms with van der Waals surface area (Å²) in [6.07, 6.45) is 4.51. The topological polar surface area (TPSA) is 71.0 Å². The molecule has 1 fully saturated rings. The first-order chi connectivity index (χ1) is 16.1. The van der Waals surface area contributed by atoms with Gasteiger partial charge in [0.1, 0.15) is 23.7 Å². The van der Waals surface area contributed by atoms with Gasteiger partial charge in [-0.2, -0.15) is 0 Å². The van der Waals surface area contributed by atoms with Crippen molar-refractivity contribution in [3.8, 4) is 10.4 Å². The van der Waals surface area contributed by atoms with Crippen LogP contribution in [0.1, 0.15) is 34.8 Å². The molecule has 0 bridgehead atoms. The molecule has 168 valence electrons. The number of halogens is 1. The van der Waals surface area contributed by atoms with Crippen LogP contribution in [-0.4, -0.2) is 44.9 Å². The van der Waals surface area contributed by atoms with E-state index >= 15 is 0 Å². The second kappa shape index (κ2) is 9.23. The molecule has 0 spiro atoms.